The van der Waals surface area contributed by atoms with E-state index in [0.29, 0.717) is 21.9 Å². The van der Waals surface area contributed by atoms with E-state index in [-0.39, 0.29) is 43.8 Å². The van der Waals surface area contributed by atoms with E-state index in [2.05, 4.69) is 83.8 Å². The Balaban J connectivity index is 1.19. The number of benzene rings is 8. The average Bonchev–Trinajstić information content (AvgIpc) is 3.83. The molecule has 0 unspecified atom stereocenters. The van der Waals surface area contributed by atoms with Crippen LogP contribution in [0.5, 0.6) is 0 Å². The molecule has 3 nitrogen and oxygen atoms in total. The maximum Gasteiger partial charge on any atom is 0.159 e. The van der Waals surface area contributed by atoms with Crippen molar-refractivity contribution in [1.29, 1.82) is 0 Å². The molecule has 2 aromatic heterocycles. The molecule has 0 fully saturated rings. The lowest BCUT2D eigenvalue weighted by atomic mass is 9.64. The molecule has 0 saturated heterocycles. The summed E-state index contributed by atoms with van der Waals surface area (Å²) in [4.78, 5) is 2.19. The predicted octanol–water partition coefficient (Wildman–Crippen LogP) is 5.00. The van der Waals surface area contributed by atoms with Crippen molar-refractivity contribution in [2.45, 2.75) is 0 Å². The fraction of sp³-hybridized carbons (Fsp3) is 0. The van der Waals surface area contributed by atoms with Gasteiger partial charge >= 0.3 is 0 Å². The zero-order valence-corrected chi connectivity index (χ0v) is 30.0. The lowest BCUT2D eigenvalue weighted by molar-refractivity contribution is 0.673. The number of hydrogen-bond donors (Lipinski definition) is 0. The van der Waals surface area contributed by atoms with Gasteiger partial charge < -0.3 is 13.7 Å². The lowest BCUT2D eigenvalue weighted by Gasteiger charge is -2.26. The van der Waals surface area contributed by atoms with Gasteiger partial charge in [-0.15, -0.1) is 16.4 Å². The third-order valence-electron chi connectivity index (χ3n) is 10.9. The Kier molecular flexibility index (Phi) is 7.97. The third-order valence-corrected chi connectivity index (χ3v) is 10.9. The molecule has 10 heteroatoms. The van der Waals surface area contributed by atoms with Crippen molar-refractivity contribution in [1.82, 2.24) is 0 Å². The second-order valence-corrected chi connectivity index (χ2v) is 14.0. The molecule has 0 N–H and O–H groups in total. The molecule has 10 aromatic rings. The molecule has 0 aliphatic rings. The van der Waals surface area contributed by atoms with E-state index < -0.39 is 0 Å². The van der Waals surface area contributed by atoms with E-state index in [9.17, 15) is 0 Å². The number of fused-ring (bicyclic) bond motifs is 8. The number of hydrogen-bond acceptors (Lipinski definition) is 3. The van der Waals surface area contributed by atoms with E-state index in [1.807, 2.05) is 54.6 Å². The van der Waals surface area contributed by atoms with Crippen LogP contribution in [0.4, 0.5) is 17.1 Å². The van der Waals surface area contributed by atoms with Gasteiger partial charge in [0.15, 0.2) is 5.58 Å². The summed E-state index contributed by atoms with van der Waals surface area (Å²) in [5.41, 5.74) is 9.66. The molecule has 8 aromatic carbocycles. The molecule has 0 saturated carbocycles. The molecule has 0 aliphatic heterocycles. The van der Waals surface area contributed by atoms with Crippen LogP contribution in [-0.2, 0) is 0 Å². The van der Waals surface area contributed by atoms with Crippen molar-refractivity contribution in [3.8, 4) is 22.3 Å². The van der Waals surface area contributed by atoms with Crippen LogP contribution in [0.1, 0.15) is 0 Å². The van der Waals surface area contributed by atoms with Crippen LogP contribution < -0.4 is 43.1 Å². The van der Waals surface area contributed by atoms with Gasteiger partial charge in [-0.25, -0.2) is 0 Å². The topological polar surface area (TPSA) is 29.5 Å². The number of rotatable bonds is 5. The van der Waals surface area contributed by atoms with Gasteiger partial charge in [0, 0.05) is 38.3 Å². The van der Waals surface area contributed by atoms with Gasteiger partial charge in [-0.05, 0) is 64.0 Å². The summed E-state index contributed by atoms with van der Waals surface area (Å²) in [7, 11) is 45.3. The van der Waals surface area contributed by atoms with Crippen LogP contribution in [0, 0.1) is 0 Å². The van der Waals surface area contributed by atoms with Gasteiger partial charge in [-0.2, -0.15) is 0 Å². The molecule has 0 bridgehead atoms. The Bertz CT molecular complexity index is 3210. The highest BCUT2D eigenvalue weighted by Gasteiger charge is 2.24. The minimum Gasteiger partial charge on any atom is -0.457 e. The molecule has 0 atom stereocenters. The fourth-order valence-electron chi connectivity index (χ4n) is 8.02. The molecule has 14 radical (unpaired) electrons. The normalized spacial score (nSPS) is 11.7. The van der Waals surface area contributed by atoms with Gasteiger partial charge in [0.25, 0.3) is 0 Å². The molecule has 0 amide bonds. The minimum absolute atomic E-state index is 0.129. The Morgan fingerprint density at radius 2 is 0.875 bits per heavy atom. The van der Waals surface area contributed by atoms with Crippen LogP contribution in [0.3, 0.4) is 0 Å². The van der Waals surface area contributed by atoms with Crippen molar-refractivity contribution in [3.05, 3.63) is 133 Å². The van der Waals surface area contributed by atoms with Gasteiger partial charge in [0.1, 0.15) is 71.7 Å². The Labute approximate surface area is 332 Å². The van der Waals surface area contributed by atoms with Gasteiger partial charge in [0.05, 0.1) is 5.69 Å². The summed E-state index contributed by atoms with van der Waals surface area (Å²) < 4.78 is 13.1. The second kappa shape index (κ2) is 13.0. The van der Waals surface area contributed by atoms with E-state index in [1.165, 1.54) is 0 Å². The first-order valence-corrected chi connectivity index (χ1v) is 18.0. The molecular weight excluding hydrogens is 674 g/mol. The molecule has 0 aliphatic carbocycles. The first-order chi connectivity index (χ1) is 27.2. The third kappa shape index (κ3) is 5.08. The Hall–Kier alpha value is -6.13. The van der Waals surface area contributed by atoms with Crippen molar-refractivity contribution in [2.24, 2.45) is 0 Å². The summed E-state index contributed by atoms with van der Waals surface area (Å²) >= 11 is 0. The molecule has 10 rings (SSSR count). The number of anilines is 3. The molecule has 2 heterocycles. The van der Waals surface area contributed by atoms with E-state index in [4.69, 9.17) is 63.8 Å². The van der Waals surface area contributed by atoms with Gasteiger partial charge in [-0.1, -0.05) is 119 Å². The highest BCUT2D eigenvalue weighted by molar-refractivity contribution is 6.68. The molecule has 0 spiro atoms. The first-order valence-electron chi connectivity index (χ1n) is 18.0. The van der Waals surface area contributed by atoms with Crippen LogP contribution in [-0.4, -0.2) is 54.9 Å². The lowest BCUT2D eigenvalue weighted by Crippen LogP contribution is -2.47. The van der Waals surface area contributed by atoms with Crippen LogP contribution >= 0.6 is 0 Å². The average molecular weight is 696 g/mol. The molecular formula is C46H22B7NO2. The van der Waals surface area contributed by atoms with Crippen molar-refractivity contribution >= 4 is 165 Å². The smallest absolute Gasteiger partial charge is 0.159 e. The van der Waals surface area contributed by atoms with Crippen LogP contribution in [0.25, 0.3) is 76.9 Å². The minimum atomic E-state index is 0.129. The number of nitrogens with zero attached hydrogens (tertiary/aromatic N) is 1. The zero-order chi connectivity index (χ0) is 38.4. The van der Waals surface area contributed by atoms with E-state index in [1.54, 1.807) is 0 Å². The molecule has 244 valence electrons. The summed E-state index contributed by atoms with van der Waals surface area (Å²) in [6, 6.07) is 45.6. The summed E-state index contributed by atoms with van der Waals surface area (Å²) in [6.45, 7) is 0. The second-order valence-electron chi connectivity index (χ2n) is 14.0. The van der Waals surface area contributed by atoms with Crippen molar-refractivity contribution in [2.75, 3.05) is 4.90 Å². The summed E-state index contributed by atoms with van der Waals surface area (Å²) in [5.74, 6) is 0. The quantitative estimate of drug-likeness (QED) is 0.238. The Morgan fingerprint density at radius 3 is 1.59 bits per heavy atom. The highest BCUT2D eigenvalue weighted by atomic mass is 16.3. The van der Waals surface area contributed by atoms with Crippen LogP contribution in [0.2, 0.25) is 0 Å². The standard InChI is InChI=1S/C46H22B7NO2/c47-36-33(34-35-37(48)38(49)40(51)42(53)46(35)56-45(34)41(52)39(36)50)26-15-20-28(21-16-26)54(27-18-13-24(14-19-27)23-7-2-1-3-8-23)32-12-6-11-30-31-22-17-25-9-4-5-10-29(25)43(31)55-44(30)32/h1-22H. The van der Waals surface area contributed by atoms with Crippen LogP contribution in [0.15, 0.2) is 142 Å². The summed E-state index contributed by atoms with van der Waals surface area (Å²) in [6.07, 6.45) is 0. The Morgan fingerprint density at radius 1 is 0.339 bits per heavy atom. The maximum atomic E-state index is 6.83. The number of furan rings is 2. The van der Waals surface area contributed by atoms with Gasteiger partial charge in [-0.3, -0.25) is 0 Å². The first kappa shape index (κ1) is 34.4. The monoisotopic (exact) mass is 697 g/mol. The highest BCUT2D eigenvalue weighted by Crippen LogP contribution is 2.44. The van der Waals surface area contributed by atoms with E-state index >= 15 is 0 Å². The molecule has 56 heavy (non-hydrogen) atoms. The van der Waals surface area contributed by atoms with Crippen molar-refractivity contribution in [3.63, 3.8) is 0 Å². The summed E-state index contributed by atoms with van der Waals surface area (Å²) in [5, 5.41) is 5.24. The van der Waals surface area contributed by atoms with Crippen molar-refractivity contribution < 1.29 is 8.83 Å². The van der Waals surface area contributed by atoms with E-state index in [0.717, 1.165) is 66.5 Å². The number of para-hydroxylation sites is 1. The zero-order valence-electron chi connectivity index (χ0n) is 30.0. The van der Waals surface area contributed by atoms with Gasteiger partial charge in [0.2, 0.25) is 0 Å². The SMILES string of the molecule is [B]c1c([B])c([B])c2c(oc3c([B])c([B])c([B])c(-c4ccc(N(c5ccc(-c6ccccc6)cc5)c5cccc6c5oc5c7ccccc7ccc65)cc4)c32)c1[B]. The maximum absolute atomic E-state index is 6.83. The largest absolute Gasteiger partial charge is 0.457 e. The fourth-order valence-corrected chi connectivity index (χ4v) is 8.02. The predicted molar refractivity (Wildman–Crippen MR) is 242 cm³/mol.